The van der Waals surface area contributed by atoms with Gasteiger partial charge >= 0.3 is 12.4 Å². The molecule has 3 saturated heterocycles. The first-order valence-electron chi connectivity index (χ1n) is 12.0. The van der Waals surface area contributed by atoms with E-state index in [2.05, 4.69) is 10.3 Å². The number of amides is 2. The number of hydrogen-bond donors (Lipinski definition) is 2. The number of piperidine rings is 1. The lowest BCUT2D eigenvalue weighted by molar-refractivity contribution is -0.143. The van der Waals surface area contributed by atoms with E-state index in [1.807, 2.05) is 6.08 Å². The van der Waals surface area contributed by atoms with Crippen LogP contribution in [0.1, 0.15) is 36.0 Å². The zero-order chi connectivity index (χ0) is 27.7. The Labute approximate surface area is 218 Å². The van der Waals surface area contributed by atoms with Crippen molar-refractivity contribution in [3.63, 3.8) is 0 Å². The van der Waals surface area contributed by atoms with Gasteiger partial charge in [-0.2, -0.15) is 26.3 Å². The van der Waals surface area contributed by atoms with Crippen LogP contribution in [0.4, 0.5) is 31.1 Å². The van der Waals surface area contributed by atoms with Gasteiger partial charge < -0.3 is 15.3 Å². The molecule has 2 N–H and O–H groups in total. The molecule has 1 atom stereocenters. The largest absolute Gasteiger partial charge is 0.416 e. The summed E-state index contributed by atoms with van der Waals surface area (Å²) < 4.78 is 79.2. The molecule has 38 heavy (non-hydrogen) atoms. The Balaban J connectivity index is 1.37. The smallest absolute Gasteiger partial charge is 0.391 e. The van der Waals surface area contributed by atoms with Crippen LogP contribution in [0.2, 0.25) is 0 Å². The Hall–Kier alpha value is -2.58. The van der Waals surface area contributed by atoms with E-state index in [-0.39, 0.29) is 54.2 Å². The zero-order valence-electron chi connectivity index (χ0n) is 20.1. The topological polar surface area (TPSA) is 85.2 Å². The van der Waals surface area contributed by atoms with Crippen molar-refractivity contribution in [3.05, 3.63) is 45.9 Å². The van der Waals surface area contributed by atoms with Gasteiger partial charge in [-0.15, -0.1) is 0 Å². The predicted octanol–water partition coefficient (Wildman–Crippen LogP) is 4.27. The van der Waals surface area contributed by atoms with Gasteiger partial charge in [-0.25, -0.2) is 0 Å². The van der Waals surface area contributed by atoms with Gasteiger partial charge in [0.25, 0.3) is 5.24 Å². The monoisotopic (exact) mass is 564 g/mol. The summed E-state index contributed by atoms with van der Waals surface area (Å²) in [6.45, 7) is 1.23. The van der Waals surface area contributed by atoms with Gasteiger partial charge in [0, 0.05) is 19.6 Å². The molecule has 0 saturated carbocycles. The van der Waals surface area contributed by atoms with Crippen molar-refractivity contribution in [2.24, 2.45) is 10.9 Å². The highest BCUT2D eigenvalue weighted by Gasteiger charge is 2.38. The van der Waals surface area contributed by atoms with Crippen molar-refractivity contribution in [3.8, 4) is 0 Å². The number of benzene rings is 1. The highest BCUT2D eigenvalue weighted by Crippen LogP contribution is 2.38. The van der Waals surface area contributed by atoms with E-state index in [9.17, 15) is 41.0 Å². The molecule has 3 fully saturated rings. The summed E-state index contributed by atoms with van der Waals surface area (Å²) in [5.41, 5.74) is -2.84. The molecule has 1 aromatic carbocycles. The molecule has 0 bridgehead atoms. The van der Waals surface area contributed by atoms with Crippen LogP contribution >= 0.6 is 11.8 Å². The number of aliphatic imine (C=N–C) groups is 1. The first-order chi connectivity index (χ1) is 17.8. The van der Waals surface area contributed by atoms with Crippen molar-refractivity contribution >= 4 is 28.7 Å². The second kappa shape index (κ2) is 11.3. The third kappa shape index (κ3) is 7.08. The first kappa shape index (κ1) is 28.4. The Morgan fingerprint density at radius 1 is 1.11 bits per heavy atom. The number of alkyl halides is 6. The van der Waals surface area contributed by atoms with Gasteiger partial charge in [-0.3, -0.25) is 19.5 Å². The molecule has 4 rings (SSSR count). The molecule has 0 aliphatic carbocycles. The summed E-state index contributed by atoms with van der Waals surface area (Å²) in [5, 5.41) is 11.9. The fourth-order valence-electron chi connectivity index (χ4n) is 4.66. The molecule has 3 aliphatic rings. The summed E-state index contributed by atoms with van der Waals surface area (Å²) >= 11 is 0.948. The van der Waals surface area contributed by atoms with E-state index in [0.717, 1.165) is 17.8 Å². The molecule has 7 nitrogen and oxygen atoms in total. The molecule has 14 heteroatoms. The van der Waals surface area contributed by atoms with Gasteiger partial charge in [0.15, 0.2) is 0 Å². The molecule has 2 amide bonds. The molecule has 3 aliphatic heterocycles. The van der Waals surface area contributed by atoms with E-state index in [0.29, 0.717) is 49.9 Å². The minimum atomic E-state index is -4.91. The standard InChI is InChI=1S/C24H26F6N4O3S/c25-23(26,27)16-2-1-15(18(10-16)24(28,29)30)12-33-6-3-14(4-7-33)9-19-21(32-22(37)38-19)31-11-20(36)34-8-5-17(35)13-34/h1-2,9-10,14,17,35H,3-8,11-13H2,(H,31,32,37). The highest BCUT2D eigenvalue weighted by molar-refractivity contribution is 8.18. The fraction of sp³-hybridized carbons (Fsp3) is 0.542. The second-order valence-electron chi connectivity index (χ2n) is 9.47. The van der Waals surface area contributed by atoms with Crippen LogP contribution in [0.5, 0.6) is 0 Å². The Bertz CT molecular complexity index is 1130. The third-order valence-electron chi connectivity index (χ3n) is 6.70. The number of hydrogen-bond acceptors (Lipinski definition) is 6. The SMILES string of the molecule is O=C1NC(=NCC(=O)N2CCC(O)C2)C(=CC2CCN(Cc3ccc(C(F)(F)F)cc3C(F)(F)F)CC2)S1. The molecule has 3 heterocycles. The van der Waals surface area contributed by atoms with E-state index in [1.165, 1.54) is 4.90 Å². The summed E-state index contributed by atoms with van der Waals surface area (Å²) in [6, 6.07) is 1.71. The van der Waals surface area contributed by atoms with E-state index in [4.69, 9.17) is 0 Å². The maximum atomic E-state index is 13.5. The Morgan fingerprint density at radius 3 is 2.42 bits per heavy atom. The zero-order valence-corrected chi connectivity index (χ0v) is 20.9. The molecule has 0 aromatic heterocycles. The van der Waals surface area contributed by atoms with Crippen LogP contribution in [0, 0.1) is 5.92 Å². The first-order valence-corrected chi connectivity index (χ1v) is 12.8. The highest BCUT2D eigenvalue weighted by atomic mass is 32.2. The maximum absolute atomic E-state index is 13.5. The predicted molar refractivity (Wildman–Crippen MR) is 128 cm³/mol. The van der Waals surface area contributed by atoms with Crippen molar-refractivity contribution in [1.29, 1.82) is 0 Å². The number of aliphatic hydroxyl groups excluding tert-OH is 1. The number of allylic oxidation sites excluding steroid dienone is 1. The molecule has 0 spiro atoms. The number of halogens is 6. The normalized spacial score (nSPS) is 24.0. The molecular weight excluding hydrogens is 538 g/mol. The molecule has 1 unspecified atom stereocenters. The van der Waals surface area contributed by atoms with Crippen LogP contribution in [0.3, 0.4) is 0 Å². The van der Waals surface area contributed by atoms with Crippen LogP contribution in [-0.4, -0.2) is 70.7 Å². The van der Waals surface area contributed by atoms with E-state index in [1.54, 1.807) is 4.90 Å². The quantitative estimate of drug-likeness (QED) is 0.522. The van der Waals surface area contributed by atoms with Crippen molar-refractivity contribution in [2.45, 2.75) is 44.3 Å². The average Bonchev–Trinajstić information content (AvgIpc) is 3.42. The van der Waals surface area contributed by atoms with Gasteiger partial charge in [-0.1, -0.05) is 12.1 Å². The minimum Gasteiger partial charge on any atom is -0.391 e. The number of aliphatic hydroxyl groups is 1. The molecule has 208 valence electrons. The molecule has 0 radical (unpaired) electrons. The van der Waals surface area contributed by atoms with Crippen LogP contribution in [-0.2, 0) is 23.7 Å². The van der Waals surface area contributed by atoms with Gasteiger partial charge in [0.05, 0.1) is 22.1 Å². The minimum absolute atomic E-state index is 0.00535. The van der Waals surface area contributed by atoms with E-state index >= 15 is 0 Å². The summed E-state index contributed by atoms with van der Waals surface area (Å²) in [5.74, 6) is 0.0372. The third-order valence-corrected chi connectivity index (χ3v) is 7.54. The number of rotatable bonds is 5. The van der Waals surface area contributed by atoms with Gasteiger partial charge in [0.2, 0.25) is 5.91 Å². The molecule has 1 aromatic rings. The molecular formula is C24H26F6N4O3S. The lowest BCUT2D eigenvalue weighted by Gasteiger charge is -2.31. The van der Waals surface area contributed by atoms with Crippen molar-refractivity contribution < 1.29 is 41.0 Å². The Kier molecular flexibility index (Phi) is 8.43. The number of nitrogens with one attached hydrogen (secondary N) is 1. The summed E-state index contributed by atoms with van der Waals surface area (Å²) in [4.78, 5) is 32.3. The summed E-state index contributed by atoms with van der Waals surface area (Å²) in [7, 11) is 0. The Morgan fingerprint density at radius 2 is 1.82 bits per heavy atom. The van der Waals surface area contributed by atoms with Crippen LogP contribution < -0.4 is 5.32 Å². The lowest BCUT2D eigenvalue weighted by atomic mass is 9.95. The average molecular weight is 565 g/mol. The number of likely N-dealkylation sites (tertiary alicyclic amines) is 2. The lowest BCUT2D eigenvalue weighted by Crippen LogP contribution is -2.33. The fourth-order valence-corrected chi connectivity index (χ4v) is 5.48. The van der Waals surface area contributed by atoms with Crippen molar-refractivity contribution in [1.82, 2.24) is 15.1 Å². The van der Waals surface area contributed by atoms with Crippen LogP contribution in [0.15, 0.2) is 34.2 Å². The number of amidine groups is 1. The van der Waals surface area contributed by atoms with Crippen molar-refractivity contribution in [2.75, 3.05) is 32.7 Å². The van der Waals surface area contributed by atoms with E-state index < -0.39 is 29.6 Å². The van der Waals surface area contributed by atoms with Crippen LogP contribution in [0.25, 0.3) is 0 Å². The number of β-amino-alcohol motifs (C(OH)–C–C–N with tert-alkyl or cyclic N) is 1. The summed E-state index contributed by atoms with van der Waals surface area (Å²) in [6.07, 6.45) is -6.82. The maximum Gasteiger partial charge on any atom is 0.416 e. The van der Waals surface area contributed by atoms with Gasteiger partial charge in [0.1, 0.15) is 12.4 Å². The number of carbonyl (C=O) groups excluding carboxylic acids is 2. The number of nitrogens with zero attached hydrogens (tertiary/aromatic N) is 3. The number of carbonyl (C=O) groups is 2. The second-order valence-corrected chi connectivity index (χ2v) is 10.5. The number of thioether (sulfide) groups is 1. The van der Waals surface area contributed by atoms with Gasteiger partial charge in [-0.05, 0) is 67.7 Å².